The lowest BCUT2D eigenvalue weighted by molar-refractivity contribution is -0.00518. The van der Waals surface area contributed by atoms with Crippen molar-refractivity contribution >= 4 is 60.4 Å². The number of ether oxygens (including phenoxy) is 1. The van der Waals surface area contributed by atoms with E-state index in [1.165, 1.54) is 104 Å². The lowest BCUT2D eigenvalue weighted by Gasteiger charge is -2.57. The molecule has 5 aliphatic rings. The van der Waals surface area contributed by atoms with Crippen molar-refractivity contribution in [2.75, 3.05) is 4.90 Å². The first kappa shape index (κ1) is 35.5. The second kappa shape index (κ2) is 13.4. The van der Waals surface area contributed by atoms with Gasteiger partial charge in [0.1, 0.15) is 0 Å². The van der Waals surface area contributed by atoms with Crippen LogP contribution < -0.4 is 9.64 Å². The molecule has 4 fully saturated rings. The fraction of sp³-hybridized carbons (Fsp3) is 0.167. The molecule has 10 aromatic rings. The van der Waals surface area contributed by atoms with E-state index in [0.29, 0.717) is 5.41 Å². The van der Waals surface area contributed by atoms with E-state index in [9.17, 15) is 0 Å². The predicted molar refractivity (Wildman–Crippen MR) is 261 cm³/mol. The van der Waals surface area contributed by atoms with E-state index in [1.807, 2.05) is 0 Å². The van der Waals surface area contributed by atoms with Gasteiger partial charge in [-0.15, -0.1) is 0 Å². The van der Waals surface area contributed by atoms with Gasteiger partial charge in [-0.25, -0.2) is 0 Å². The fourth-order valence-corrected chi connectivity index (χ4v) is 13.2. The molecule has 302 valence electrons. The summed E-state index contributed by atoms with van der Waals surface area (Å²) in [5.41, 5.74) is 13.7. The van der Waals surface area contributed by atoms with Gasteiger partial charge >= 0.3 is 0 Å². The van der Waals surface area contributed by atoms with E-state index in [-0.39, 0.29) is 0 Å². The SMILES string of the molecule is c1ccc2c(-c3ccc(N(c4ccc(-c5ccc6c(c5)-n5c7ccccc7c7cccc(c75)O6)cc4)c4ccc(C56CC7CC(CC(C7)C5)C6)cc4)c4ccccc34)cccc2c1. The van der Waals surface area contributed by atoms with Crippen molar-refractivity contribution < 1.29 is 4.74 Å². The molecule has 4 saturated carbocycles. The summed E-state index contributed by atoms with van der Waals surface area (Å²) in [7, 11) is 0. The molecule has 0 spiro atoms. The maximum absolute atomic E-state index is 6.56. The summed E-state index contributed by atoms with van der Waals surface area (Å²) in [5.74, 6) is 4.52. The lowest BCUT2D eigenvalue weighted by atomic mass is 9.48. The molecule has 4 aliphatic carbocycles. The minimum atomic E-state index is 0.354. The fourth-order valence-electron chi connectivity index (χ4n) is 13.2. The van der Waals surface area contributed by atoms with Gasteiger partial charge in [0.25, 0.3) is 0 Å². The van der Waals surface area contributed by atoms with Crippen molar-refractivity contribution in [2.45, 2.75) is 43.9 Å². The molecule has 3 heteroatoms. The maximum Gasteiger partial charge on any atom is 0.152 e. The molecular formula is C60H46N2O. The van der Waals surface area contributed by atoms with Crippen LogP contribution in [0.15, 0.2) is 188 Å². The highest BCUT2D eigenvalue weighted by Crippen LogP contribution is 2.61. The van der Waals surface area contributed by atoms with Crippen LogP contribution in [0.4, 0.5) is 17.1 Å². The molecule has 2 heterocycles. The Hall–Kier alpha value is -7.10. The van der Waals surface area contributed by atoms with Crippen LogP contribution in [0.1, 0.15) is 44.1 Å². The normalized spacial score (nSPS) is 20.7. The molecule has 15 rings (SSSR count). The zero-order valence-electron chi connectivity index (χ0n) is 35.2. The third-order valence-electron chi connectivity index (χ3n) is 15.5. The van der Waals surface area contributed by atoms with Gasteiger partial charge in [0.05, 0.1) is 22.4 Å². The minimum Gasteiger partial charge on any atom is -0.453 e. The molecule has 3 nitrogen and oxygen atoms in total. The lowest BCUT2D eigenvalue weighted by Crippen LogP contribution is -2.48. The second-order valence-electron chi connectivity index (χ2n) is 19.1. The van der Waals surface area contributed by atoms with Gasteiger partial charge < -0.3 is 14.2 Å². The molecule has 1 aliphatic heterocycles. The topological polar surface area (TPSA) is 17.4 Å². The van der Waals surface area contributed by atoms with Gasteiger partial charge in [-0.2, -0.15) is 0 Å². The second-order valence-corrected chi connectivity index (χ2v) is 19.1. The molecule has 0 radical (unpaired) electrons. The monoisotopic (exact) mass is 810 g/mol. The van der Waals surface area contributed by atoms with Gasteiger partial charge in [0.2, 0.25) is 0 Å². The first-order chi connectivity index (χ1) is 31.1. The van der Waals surface area contributed by atoms with E-state index in [1.54, 1.807) is 5.56 Å². The molecule has 0 N–H and O–H groups in total. The largest absolute Gasteiger partial charge is 0.453 e. The van der Waals surface area contributed by atoms with Gasteiger partial charge in [-0.05, 0) is 160 Å². The van der Waals surface area contributed by atoms with E-state index in [4.69, 9.17) is 4.74 Å². The van der Waals surface area contributed by atoms with Crippen LogP contribution in [0.25, 0.3) is 71.3 Å². The molecule has 0 atom stereocenters. The first-order valence-electron chi connectivity index (χ1n) is 23.0. The minimum absolute atomic E-state index is 0.354. The van der Waals surface area contributed by atoms with E-state index in [0.717, 1.165) is 51.7 Å². The maximum atomic E-state index is 6.56. The number of rotatable bonds is 6. The average molecular weight is 811 g/mol. The summed E-state index contributed by atoms with van der Waals surface area (Å²) in [6.07, 6.45) is 8.50. The number of benzene rings is 9. The first-order valence-corrected chi connectivity index (χ1v) is 23.0. The van der Waals surface area contributed by atoms with Gasteiger partial charge in [0.15, 0.2) is 11.5 Å². The summed E-state index contributed by atoms with van der Waals surface area (Å²) in [4.78, 5) is 2.49. The van der Waals surface area contributed by atoms with Crippen LogP contribution in [-0.2, 0) is 5.41 Å². The Labute approximate surface area is 367 Å². The number of anilines is 3. The van der Waals surface area contributed by atoms with Gasteiger partial charge in [-0.1, -0.05) is 133 Å². The van der Waals surface area contributed by atoms with Crippen LogP contribution >= 0.6 is 0 Å². The number of hydrogen-bond acceptors (Lipinski definition) is 2. The Balaban J connectivity index is 0.895. The van der Waals surface area contributed by atoms with Crippen molar-refractivity contribution in [1.82, 2.24) is 4.57 Å². The van der Waals surface area contributed by atoms with Crippen LogP contribution in [0.3, 0.4) is 0 Å². The number of hydrogen-bond donors (Lipinski definition) is 0. The van der Waals surface area contributed by atoms with Gasteiger partial charge in [-0.3, -0.25) is 0 Å². The van der Waals surface area contributed by atoms with Crippen LogP contribution in [0, 0.1) is 17.8 Å². The molecule has 0 amide bonds. The predicted octanol–water partition coefficient (Wildman–Crippen LogP) is 16.5. The van der Waals surface area contributed by atoms with E-state index >= 15 is 0 Å². The summed E-state index contributed by atoms with van der Waals surface area (Å²) in [6, 6.07) is 69.8. The molecule has 0 saturated heterocycles. The zero-order chi connectivity index (χ0) is 41.2. The van der Waals surface area contributed by atoms with E-state index in [2.05, 4.69) is 198 Å². The molecule has 4 bridgehead atoms. The molecule has 63 heavy (non-hydrogen) atoms. The number of para-hydroxylation sites is 2. The van der Waals surface area contributed by atoms with Crippen LogP contribution in [-0.4, -0.2) is 4.57 Å². The summed E-state index contributed by atoms with van der Waals surface area (Å²) in [6.45, 7) is 0. The highest BCUT2D eigenvalue weighted by atomic mass is 16.5. The van der Waals surface area contributed by atoms with Crippen LogP contribution in [0.5, 0.6) is 11.5 Å². The van der Waals surface area contributed by atoms with Crippen molar-refractivity contribution in [3.63, 3.8) is 0 Å². The van der Waals surface area contributed by atoms with Crippen molar-refractivity contribution in [3.05, 3.63) is 194 Å². The average Bonchev–Trinajstić information content (AvgIpc) is 3.67. The third kappa shape index (κ3) is 5.39. The van der Waals surface area contributed by atoms with Gasteiger partial charge in [0, 0.05) is 27.5 Å². The number of aromatic nitrogens is 1. The van der Waals surface area contributed by atoms with Crippen molar-refractivity contribution in [2.24, 2.45) is 17.8 Å². The summed E-state index contributed by atoms with van der Waals surface area (Å²) < 4.78 is 8.95. The Kier molecular flexibility index (Phi) is 7.58. The number of nitrogens with zero attached hydrogens (tertiary/aromatic N) is 2. The summed E-state index contributed by atoms with van der Waals surface area (Å²) >= 11 is 0. The molecule has 1 aromatic heterocycles. The summed E-state index contributed by atoms with van der Waals surface area (Å²) in [5, 5.41) is 7.48. The Morgan fingerprint density at radius 3 is 1.84 bits per heavy atom. The third-order valence-corrected chi connectivity index (χ3v) is 15.5. The molecular weight excluding hydrogens is 765 g/mol. The highest BCUT2D eigenvalue weighted by molar-refractivity contribution is 6.13. The standard InChI is InChI=1S/C60H46N2O/c1-2-11-47-42(9-1)10-7-15-48(47)50-28-29-55(51-13-4-3-12-49(50)51)61(46-26-22-44(23-27-46)60-35-38-31-39(36-60)33-40(32-38)37-60)45-24-19-41(20-25-45)43-21-30-57-56(34-43)62-54-17-6-5-14-52(54)53-16-8-18-58(63-57)59(53)62/h1-30,34,38-40H,31-33,35-37H2. The van der Waals surface area contributed by atoms with E-state index < -0.39 is 0 Å². The molecule has 0 unspecified atom stereocenters. The quantitative estimate of drug-likeness (QED) is 0.166. The van der Waals surface area contributed by atoms with Crippen LogP contribution in [0.2, 0.25) is 0 Å². The smallest absolute Gasteiger partial charge is 0.152 e. The Morgan fingerprint density at radius 1 is 0.460 bits per heavy atom. The molecule has 9 aromatic carbocycles. The Morgan fingerprint density at radius 2 is 1.06 bits per heavy atom. The highest BCUT2D eigenvalue weighted by Gasteiger charge is 2.51. The van der Waals surface area contributed by atoms with Crippen molar-refractivity contribution in [1.29, 1.82) is 0 Å². The Bertz CT molecular complexity index is 3430. The zero-order valence-corrected chi connectivity index (χ0v) is 35.2. The number of fused-ring (bicyclic) bond motifs is 7. The van der Waals surface area contributed by atoms with Crippen molar-refractivity contribution in [3.8, 4) is 39.4 Å².